The van der Waals surface area contributed by atoms with Crippen LogP contribution in [0.2, 0.25) is 0 Å². The summed E-state index contributed by atoms with van der Waals surface area (Å²) in [5.74, 6) is -0.0775. The largest absolute Gasteiger partial charge is 0.329 e. The lowest BCUT2D eigenvalue weighted by atomic mass is 9.92. The molecule has 20 heavy (non-hydrogen) atoms. The van der Waals surface area contributed by atoms with Gasteiger partial charge in [0.25, 0.3) is 0 Å². The van der Waals surface area contributed by atoms with E-state index in [1.54, 1.807) is 17.5 Å². The Morgan fingerprint density at radius 3 is 2.80 bits per heavy atom. The molecule has 0 atom stereocenters. The molecule has 0 saturated heterocycles. The highest BCUT2D eigenvalue weighted by molar-refractivity contribution is 7.13. The zero-order valence-electron chi connectivity index (χ0n) is 11.4. The second-order valence-electron chi connectivity index (χ2n) is 4.96. The van der Waals surface area contributed by atoms with Crippen LogP contribution in [0.3, 0.4) is 0 Å². The number of anilines is 1. The first-order valence-electron chi connectivity index (χ1n) is 6.04. The van der Waals surface area contributed by atoms with Crippen molar-refractivity contribution in [2.45, 2.75) is 13.8 Å². The van der Waals surface area contributed by atoms with Crippen molar-refractivity contribution in [3.63, 3.8) is 0 Å². The third-order valence-electron chi connectivity index (χ3n) is 2.92. The van der Waals surface area contributed by atoms with E-state index >= 15 is 0 Å². The number of amides is 1. The third kappa shape index (κ3) is 3.79. The minimum Gasteiger partial charge on any atom is -0.329 e. The van der Waals surface area contributed by atoms with Gasteiger partial charge in [-0.1, -0.05) is 12.1 Å². The van der Waals surface area contributed by atoms with Gasteiger partial charge < -0.3 is 11.1 Å². The molecule has 2 aromatic rings. The van der Waals surface area contributed by atoms with Crippen LogP contribution in [-0.4, -0.2) is 17.4 Å². The SMILES string of the molecule is CC(C)(CN)C(=O)Nc1cccc(-c2nccs2)c1.Cl. The van der Waals surface area contributed by atoms with Gasteiger partial charge in [-0.3, -0.25) is 4.79 Å². The van der Waals surface area contributed by atoms with Crippen LogP contribution >= 0.6 is 23.7 Å². The summed E-state index contributed by atoms with van der Waals surface area (Å²) < 4.78 is 0. The number of halogens is 1. The Balaban J connectivity index is 0.00000200. The van der Waals surface area contributed by atoms with Crippen LogP contribution < -0.4 is 11.1 Å². The molecular formula is C14H18ClN3OS. The monoisotopic (exact) mass is 311 g/mol. The normalized spacial score (nSPS) is 10.8. The number of benzene rings is 1. The van der Waals surface area contributed by atoms with Crippen LogP contribution in [0.1, 0.15) is 13.8 Å². The molecule has 1 amide bonds. The summed E-state index contributed by atoms with van der Waals surface area (Å²) in [5.41, 5.74) is 6.79. The molecule has 1 aromatic heterocycles. The molecule has 4 nitrogen and oxygen atoms in total. The number of rotatable bonds is 4. The van der Waals surface area contributed by atoms with Gasteiger partial charge in [0.05, 0.1) is 5.41 Å². The van der Waals surface area contributed by atoms with Gasteiger partial charge in [0.2, 0.25) is 5.91 Å². The molecule has 0 saturated carbocycles. The van der Waals surface area contributed by atoms with Crippen molar-refractivity contribution in [3.05, 3.63) is 35.8 Å². The Bertz CT molecular complexity index is 570. The number of thiazole rings is 1. The van der Waals surface area contributed by atoms with Crippen LogP contribution in [0.4, 0.5) is 5.69 Å². The van der Waals surface area contributed by atoms with Crippen LogP contribution in [0.5, 0.6) is 0 Å². The van der Waals surface area contributed by atoms with Crippen LogP contribution in [0.15, 0.2) is 35.8 Å². The van der Waals surface area contributed by atoms with Crippen molar-refractivity contribution in [2.75, 3.05) is 11.9 Å². The minimum atomic E-state index is -0.572. The van der Waals surface area contributed by atoms with Gasteiger partial charge in [0.15, 0.2) is 0 Å². The lowest BCUT2D eigenvalue weighted by Gasteiger charge is -2.21. The third-order valence-corrected chi connectivity index (χ3v) is 3.75. The lowest BCUT2D eigenvalue weighted by Crippen LogP contribution is -2.37. The van der Waals surface area contributed by atoms with Gasteiger partial charge >= 0.3 is 0 Å². The van der Waals surface area contributed by atoms with Gasteiger partial charge in [0.1, 0.15) is 5.01 Å². The smallest absolute Gasteiger partial charge is 0.231 e. The summed E-state index contributed by atoms with van der Waals surface area (Å²) in [7, 11) is 0. The molecule has 0 unspecified atom stereocenters. The van der Waals surface area contributed by atoms with E-state index in [0.29, 0.717) is 6.54 Å². The number of hydrogen-bond donors (Lipinski definition) is 2. The Hall–Kier alpha value is -1.43. The quantitative estimate of drug-likeness (QED) is 0.911. The fourth-order valence-corrected chi connectivity index (χ4v) is 2.12. The first-order valence-corrected chi connectivity index (χ1v) is 6.92. The molecule has 6 heteroatoms. The van der Waals surface area contributed by atoms with Crippen LogP contribution in [-0.2, 0) is 4.79 Å². The predicted octanol–water partition coefficient (Wildman–Crippen LogP) is 3.16. The van der Waals surface area contributed by atoms with Crippen molar-refractivity contribution < 1.29 is 4.79 Å². The number of nitrogens with one attached hydrogen (secondary N) is 1. The molecule has 1 heterocycles. The Kier molecular flexibility index (Phi) is 5.68. The highest BCUT2D eigenvalue weighted by Gasteiger charge is 2.25. The van der Waals surface area contributed by atoms with Crippen molar-refractivity contribution in [2.24, 2.45) is 11.1 Å². The number of carbonyl (C=O) groups is 1. The first kappa shape index (κ1) is 16.6. The maximum absolute atomic E-state index is 12.1. The molecule has 108 valence electrons. The lowest BCUT2D eigenvalue weighted by molar-refractivity contribution is -0.123. The van der Waals surface area contributed by atoms with Gasteiger partial charge in [0, 0.05) is 29.4 Å². The number of nitrogens with two attached hydrogens (primary N) is 1. The standard InChI is InChI=1S/C14H17N3OS.ClH/c1-14(2,9-15)13(18)17-11-5-3-4-10(8-11)12-16-6-7-19-12;/h3-8H,9,15H2,1-2H3,(H,17,18);1H. The van der Waals surface area contributed by atoms with E-state index in [4.69, 9.17) is 5.73 Å². The van der Waals surface area contributed by atoms with Crippen LogP contribution in [0.25, 0.3) is 10.6 Å². The molecular weight excluding hydrogens is 294 g/mol. The zero-order valence-corrected chi connectivity index (χ0v) is 13.1. The van der Waals surface area contributed by atoms with Gasteiger partial charge in [-0.2, -0.15) is 0 Å². The number of nitrogens with zero attached hydrogens (tertiary/aromatic N) is 1. The predicted molar refractivity (Wildman–Crippen MR) is 86.3 cm³/mol. The van der Waals surface area contributed by atoms with E-state index in [9.17, 15) is 4.79 Å². The van der Waals surface area contributed by atoms with Crippen LogP contribution in [0, 0.1) is 5.41 Å². The van der Waals surface area contributed by atoms with Gasteiger partial charge in [-0.25, -0.2) is 4.98 Å². The summed E-state index contributed by atoms with van der Waals surface area (Å²) in [6, 6.07) is 7.66. The summed E-state index contributed by atoms with van der Waals surface area (Å²) >= 11 is 1.57. The van der Waals surface area contributed by atoms with E-state index in [2.05, 4.69) is 10.3 Å². The first-order chi connectivity index (χ1) is 9.03. The maximum Gasteiger partial charge on any atom is 0.231 e. The second kappa shape index (κ2) is 6.83. The van der Waals surface area contributed by atoms with Gasteiger partial charge in [-0.15, -0.1) is 23.7 Å². The molecule has 0 bridgehead atoms. The fraction of sp³-hybridized carbons (Fsp3) is 0.286. The van der Waals surface area contributed by atoms with E-state index in [1.165, 1.54) is 0 Å². The maximum atomic E-state index is 12.1. The highest BCUT2D eigenvalue weighted by atomic mass is 35.5. The fourth-order valence-electron chi connectivity index (χ4n) is 1.49. The van der Waals surface area contributed by atoms with Gasteiger partial charge in [-0.05, 0) is 26.0 Å². The Labute approximate surface area is 128 Å². The molecule has 2 rings (SSSR count). The second-order valence-corrected chi connectivity index (χ2v) is 5.85. The van der Waals surface area contributed by atoms with Crippen molar-refractivity contribution in [1.82, 2.24) is 4.98 Å². The molecule has 0 fully saturated rings. The topological polar surface area (TPSA) is 68.0 Å². The van der Waals surface area contributed by atoms with E-state index < -0.39 is 5.41 Å². The average Bonchev–Trinajstić information content (AvgIpc) is 2.93. The Morgan fingerprint density at radius 2 is 2.20 bits per heavy atom. The zero-order chi connectivity index (χ0) is 13.9. The molecule has 0 aliphatic heterocycles. The van der Waals surface area contributed by atoms with Crippen molar-refractivity contribution >= 4 is 35.3 Å². The summed E-state index contributed by atoms with van der Waals surface area (Å²) in [4.78, 5) is 16.3. The molecule has 3 N–H and O–H groups in total. The summed E-state index contributed by atoms with van der Waals surface area (Å²) in [6.07, 6.45) is 1.77. The molecule has 0 aliphatic carbocycles. The number of aromatic nitrogens is 1. The molecule has 0 aliphatic rings. The molecule has 1 aromatic carbocycles. The molecule has 0 radical (unpaired) electrons. The molecule has 0 spiro atoms. The Morgan fingerprint density at radius 1 is 1.45 bits per heavy atom. The van der Waals surface area contributed by atoms with E-state index in [0.717, 1.165) is 16.3 Å². The number of carbonyl (C=O) groups excluding carboxylic acids is 1. The van der Waals surface area contributed by atoms with E-state index in [-0.39, 0.29) is 18.3 Å². The minimum absolute atomic E-state index is 0. The average molecular weight is 312 g/mol. The van der Waals surface area contributed by atoms with E-state index in [1.807, 2.05) is 43.5 Å². The highest BCUT2D eigenvalue weighted by Crippen LogP contribution is 2.25. The summed E-state index contributed by atoms with van der Waals surface area (Å²) in [6.45, 7) is 3.96. The summed E-state index contributed by atoms with van der Waals surface area (Å²) in [5, 5.41) is 5.76. The van der Waals surface area contributed by atoms with Crippen molar-refractivity contribution in [1.29, 1.82) is 0 Å². The number of hydrogen-bond acceptors (Lipinski definition) is 4. The van der Waals surface area contributed by atoms with Crippen molar-refractivity contribution in [3.8, 4) is 10.6 Å².